The van der Waals surface area contributed by atoms with Gasteiger partial charge in [0.25, 0.3) is 0 Å². The maximum atomic E-state index is 2.51. The number of fused-ring (bicyclic) bond motifs is 2. The zero-order valence-electron chi connectivity index (χ0n) is 20.4. The van der Waals surface area contributed by atoms with Crippen LogP contribution in [-0.4, -0.2) is 0 Å². The molecule has 0 aliphatic heterocycles. The molecule has 1 aliphatic rings. The van der Waals surface area contributed by atoms with Gasteiger partial charge in [-0.2, -0.15) is 0 Å². The molecule has 0 aromatic heterocycles. The second-order valence-electron chi connectivity index (χ2n) is 10.5. The second-order valence-corrected chi connectivity index (χ2v) is 10.5. The summed E-state index contributed by atoms with van der Waals surface area (Å²) in [5.41, 5.74) is 8.36. The van der Waals surface area contributed by atoms with Crippen molar-refractivity contribution in [3.8, 4) is 22.3 Å². The van der Waals surface area contributed by atoms with Crippen molar-refractivity contribution in [3.05, 3.63) is 108 Å². The Kier molecular flexibility index (Phi) is 5.06. The van der Waals surface area contributed by atoms with Crippen molar-refractivity contribution >= 4 is 21.5 Å². The lowest BCUT2D eigenvalue weighted by Crippen LogP contribution is -2.19. The fourth-order valence-corrected chi connectivity index (χ4v) is 5.77. The molecule has 0 unspecified atom stereocenters. The second kappa shape index (κ2) is 8.13. The van der Waals surface area contributed by atoms with Gasteiger partial charge in [0, 0.05) is 0 Å². The van der Waals surface area contributed by atoms with Gasteiger partial charge in [-0.25, -0.2) is 0 Å². The molecular weight excluding hydrogens is 408 g/mol. The van der Waals surface area contributed by atoms with Crippen molar-refractivity contribution in [2.24, 2.45) is 5.92 Å². The molecule has 0 nitrogen and oxygen atoms in total. The van der Waals surface area contributed by atoms with Gasteiger partial charge in [0.05, 0.1) is 0 Å². The molecule has 5 aromatic rings. The van der Waals surface area contributed by atoms with Crippen LogP contribution in [0.2, 0.25) is 0 Å². The standard InChI is InChI=1S/C34H32/c1-4-23-15-19-28-30(21-23)32(24-11-7-5-8-12-24)29-20-18-27(34(2,3)26-16-17-26)22-31(29)33(28)25-13-9-6-10-14-25/h5-15,18-22,26H,4,16-17H2,1-3H3. The largest absolute Gasteiger partial charge is 0.0622 e. The van der Waals surface area contributed by atoms with Crippen LogP contribution in [0.3, 0.4) is 0 Å². The van der Waals surface area contributed by atoms with Crippen LogP contribution in [0.25, 0.3) is 43.8 Å². The van der Waals surface area contributed by atoms with Gasteiger partial charge in [0.15, 0.2) is 0 Å². The van der Waals surface area contributed by atoms with Gasteiger partial charge in [0.2, 0.25) is 0 Å². The molecule has 1 saturated carbocycles. The average molecular weight is 441 g/mol. The highest BCUT2D eigenvalue weighted by Crippen LogP contribution is 2.49. The summed E-state index contributed by atoms with van der Waals surface area (Å²) in [6.45, 7) is 7.11. The Balaban J connectivity index is 1.79. The summed E-state index contributed by atoms with van der Waals surface area (Å²) in [4.78, 5) is 0. The zero-order chi connectivity index (χ0) is 23.3. The smallest absolute Gasteiger partial charge is 0.00263 e. The lowest BCUT2D eigenvalue weighted by atomic mass is 9.77. The molecule has 0 saturated heterocycles. The summed E-state index contributed by atoms with van der Waals surface area (Å²) in [5.74, 6) is 0.797. The Morgan fingerprint density at radius 3 is 1.68 bits per heavy atom. The summed E-state index contributed by atoms with van der Waals surface area (Å²) in [6.07, 6.45) is 3.74. The van der Waals surface area contributed by atoms with Gasteiger partial charge < -0.3 is 0 Å². The van der Waals surface area contributed by atoms with E-state index in [1.165, 1.54) is 67.8 Å². The maximum absolute atomic E-state index is 2.51. The number of hydrogen-bond donors (Lipinski definition) is 0. The summed E-state index contributed by atoms with van der Waals surface area (Å²) in [7, 11) is 0. The monoisotopic (exact) mass is 440 g/mol. The molecule has 6 rings (SSSR count). The molecule has 168 valence electrons. The first-order chi connectivity index (χ1) is 16.6. The van der Waals surface area contributed by atoms with Gasteiger partial charge in [-0.05, 0) is 91.6 Å². The SMILES string of the molecule is CCc1ccc2c(-c3ccccc3)c3cc(C(C)(C)C4CC4)ccc3c(-c3ccccc3)c2c1. The Hall–Kier alpha value is -3.38. The van der Waals surface area contributed by atoms with Crippen molar-refractivity contribution in [2.75, 3.05) is 0 Å². The van der Waals surface area contributed by atoms with E-state index in [0.717, 1.165) is 12.3 Å². The minimum Gasteiger partial charge on any atom is -0.0622 e. The van der Waals surface area contributed by atoms with Gasteiger partial charge in [-0.1, -0.05) is 112 Å². The summed E-state index contributed by atoms with van der Waals surface area (Å²) < 4.78 is 0. The molecule has 0 heteroatoms. The predicted molar refractivity (Wildman–Crippen MR) is 147 cm³/mol. The minimum absolute atomic E-state index is 0.204. The highest BCUT2D eigenvalue weighted by atomic mass is 14.4. The molecule has 0 heterocycles. The van der Waals surface area contributed by atoms with Gasteiger partial charge in [-0.3, -0.25) is 0 Å². The van der Waals surface area contributed by atoms with E-state index in [-0.39, 0.29) is 5.41 Å². The third kappa shape index (κ3) is 3.44. The molecular formula is C34H32. The van der Waals surface area contributed by atoms with Gasteiger partial charge in [0.1, 0.15) is 0 Å². The fraction of sp³-hybridized carbons (Fsp3) is 0.235. The van der Waals surface area contributed by atoms with E-state index in [0.29, 0.717) is 0 Å². The molecule has 0 N–H and O–H groups in total. The molecule has 1 fully saturated rings. The molecule has 34 heavy (non-hydrogen) atoms. The van der Waals surface area contributed by atoms with Crippen LogP contribution in [0, 0.1) is 5.92 Å². The van der Waals surface area contributed by atoms with Crippen LogP contribution in [0.1, 0.15) is 44.7 Å². The predicted octanol–water partition coefficient (Wildman–Crippen LogP) is 9.58. The van der Waals surface area contributed by atoms with Crippen LogP contribution in [0.5, 0.6) is 0 Å². The highest BCUT2D eigenvalue weighted by Gasteiger charge is 2.39. The summed E-state index contributed by atoms with van der Waals surface area (Å²) >= 11 is 0. The molecule has 0 amide bonds. The zero-order valence-corrected chi connectivity index (χ0v) is 20.4. The van der Waals surface area contributed by atoms with E-state index < -0.39 is 0 Å². The van der Waals surface area contributed by atoms with E-state index in [2.05, 4.69) is 118 Å². The lowest BCUT2D eigenvalue weighted by Gasteiger charge is -2.27. The van der Waals surface area contributed by atoms with E-state index in [1.807, 2.05) is 0 Å². The van der Waals surface area contributed by atoms with Crippen molar-refractivity contribution in [1.29, 1.82) is 0 Å². The first kappa shape index (κ1) is 21.2. The van der Waals surface area contributed by atoms with Crippen LogP contribution in [-0.2, 0) is 11.8 Å². The molecule has 0 bridgehead atoms. The highest BCUT2D eigenvalue weighted by molar-refractivity contribution is 6.21. The van der Waals surface area contributed by atoms with E-state index in [9.17, 15) is 0 Å². The van der Waals surface area contributed by atoms with E-state index in [1.54, 1.807) is 0 Å². The number of hydrogen-bond acceptors (Lipinski definition) is 0. The van der Waals surface area contributed by atoms with E-state index >= 15 is 0 Å². The van der Waals surface area contributed by atoms with Crippen LogP contribution in [0.15, 0.2) is 97.1 Å². The Morgan fingerprint density at radius 1 is 0.618 bits per heavy atom. The van der Waals surface area contributed by atoms with Crippen molar-refractivity contribution in [3.63, 3.8) is 0 Å². The Labute approximate surface area is 203 Å². The first-order valence-corrected chi connectivity index (χ1v) is 12.7. The average Bonchev–Trinajstić information content (AvgIpc) is 3.74. The van der Waals surface area contributed by atoms with Crippen LogP contribution < -0.4 is 0 Å². The fourth-order valence-electron chi connectivity index (χ4n) is 5.77. The Morgan fingerprint density at radius 2 is 1.15 bits per heavy atom. The third-order valence-electron chi connectivity index (χ3n) is 8.06. The number of rotatable bonds is 5. The minimum atomic E-state index is 0.204. The summed E-state index contributed by atoms with van der Waals surface area (Å²) in [5, 5.41) is 5.41. The molecule has 0 radical (unpaired) electrons. The Bertz CT molecular complexity index is 1490. The lowest BCUT2D eigenvalue weighted by molar-refractivity contribution is 0.455. The molecule has 5 aromatic carbocycles. The topological polar surface area (TPSA) is 0 Å². The normalized spacial score (nSPS) is 14.1. The van der Waals surface area contributed by atoms with E-state index in [4.69, 9.17) is 0 Å². The van der Waals surface area contributed by atoms with Crippen LogP contribution >= 0.6 is 0 Å². The first-order valence-electron chi connectivity index (χ1n) is 12.7. The van der Waals surface area contributed by atoms with Gasteiger partial charge >= 0.3 is 0 Å². The van der Waals surface area contributed by atoms with Crippen LogP contribution in [0.4, 0.5) is 0 Å². The van der Waals surface area contributed by atoms with Gasteiger partial charge in [-0.15, -0.1) is 0 Å². The maximum Gasteiger partial charge on any atom is -0.00263 e. The van der Waals surface area contributed by atoms with Crippen molar-refractivity contribution < 1.29 is 0 Å². The third-order valence-corrected chi connectivity index (χ3v) is 8.06. The van der Waals surface area contributed by atoms with Crippen molar-refractivity contribution in [1.82, 2.24) is 0 Å². The molecule has 0 atom stereocenters. The number of benzene rings is 5. The number of aryl methyl sites for hydroxylation is 1. The van der Waals surface area contributed by atoms with Crippen molar-refractivity contribution in [2.45, 2.75) is 45.4 Å². The quantitative estimate of drug-likeness (QED) is 0.239. The molecule has 0 spiro atoms. The molecule has 1 aliphatic carbocycles. The summed E-state index contributed by atoms with van der Waals surface area (Å²) in [6, 6.07) is 36.3.